The Hall–Kier alpha value is -3.74. The minimum Gasteiger partial charge on any atom is -0.444 e. The van der Waals surface area contributed by atoms with Gasteiger partial charge < -0.3 is 9.64 Å². The molecule has 0 aliphatic rings. The van der Waals surface area contributed by atoms with E-state index in [1.165, 1.54) is 31.4 Å². The van der Waals surface area contributed by atoms with E-state index in [9.17, 15) is 35.5 Å². The quantitative estimate of drug-likeness (QED) is 0.256. The maximum absolute atomic E-state index is 13.7. The molecule has 1 heterocycles. The number of rotatable bonds is 7. The lowest BCUT2D eigenvalue weighted by Crippen LogP contribution is -2.32. The van der Waals surface area contributed by atoms with Gasteiger partial charge in [0.05, 0.1) is 11.1 Å². The third-order valence-corrected chi connectivity index (χ3v) is 5.86. The van der Waals surface area contributed by atoms with E-state index < -0.39 is 48.0 Å². The first kappa shape index (κ1) is 29.8. The standard InChI is InChI=1S/C26H25F7N4O2/c1-14-8-19(27)6-7-20(14)21-12-34-24(39-15(2)36(3)4)35-22(21)23(38)37(5)13-16-9-17(25(28,29)30)11-18(10-16)26(31,32)33/h6-12,15H,13H2,1-5H3. The van der Waals surface area contributed by atoms with Crippen molar-refractivity contribution < 1.29 is 40.3 Å². The van der Waals surface area contributed by atoms with Crippen LogP contribution in [0.1, 0.15) is 39.7 Å². The summed E-state index contributed by atoms with van der Waals surface area (Å²) < 4.78 is 99.2. The van der Waals surface area contributed by atoms with Gasteiger partial charge in [0.2, 0.25) is 0 Å². The second kappa shape index (κ2) is 11.2. The normalized spacial score (nSPS) is 12.9. The Morgan fingerprint density at radius 2 is 1.54 bits per heavy atom. The van der Waals surface area contributed by atoms with Gasteiger partial charge in [0.15, 0.2) is 6.23 Å². The molecule has 0 saturated carbocycles. The number of nitrogens with zero attached hydrogens (tertiary/aromatic N) is 4. The molecular formula is C26H25F7N4O2. The van der Waals surface area contributed by atoms with E-state index in [1.807, 2.05) is 0 Å². The lowest BCUT2D eigenvalue weighted by atomic mass is 9.99. The van der Waals surface area contributed by atoms with Crippen molar-refractivity contribution in [2.24, 2.45) is 0 Å². The summed E-state index contributed by atoms with van der Waals surface area (Å²) in [5, 5.41) is 0. The van der Waals surface area contributed by atoms with Crippen LogP contribution >= 0.6 is 0 Å². The maximum atomic E-state index is 13.7. The fourth-order valence-corrected chi connectivity index (χ4v) is 3.61. The van der Waals surface area contributed by atoms with Crippen molar-refractivity contribution in [1.82, 2.24) is 19.8 Å². The summed E-state index contributed by atoms with van der Waals surface area (Å²) in [6.07, 6.45) is -9.28. The smallest absolute Gasteiger partial charge is 0.416 e. The Labute approximate surface area is 220 Å². The molecule has 0 aliphatic carbocycles. The Morgan fingerprint density at radius 3 is 2.05 bits per heavy atom. The van der Waals surface area contributed by atoms with Gasteiger partial charge in [-0.05, 0) is 75.0 Å². The van der Waals surface area contributed by atoms with Gasteiger partial charge in [0, 0.05) is 25.4 Å². The van der Waals surface area contributed by atoms with Gasteiger partial charge in [-0.2, -0.15) is 31.3 Å². The van der Waals surface area contributed by atoms with Gasteiger partial charge in [-0.3, -0.25) is 9.69 Å². The average molecular weight is 558 g/mol. The van der Waals surface area contributed by atoms with E-state index in [1.54, 1.807) is 32.8 Å². The Bertz CT molecular complexity index is 1320. The molecular weight excluding hydrogens is 533 g/mol. The molecule has 0 radical (unpaired) electrons. The summed E-state index contributed by atoms with van der Waals surface area (Å²) in [4.78, 5) is 24.5. The molecule has 3 aromatic rings. The van der Waals surface area contributed by atoms with Crippen LogP contribution in [0, 0.1) is 12.7 Å². The molecule has 0 bridgehead atoms. The minimum atomic E-state index is -5.03. The summed E-state index contributed by atoms with van der Waals surface area (Å²) in [5.74, 6) is -1.35. The lowest BCUT2D eigenvalue weighted by molar-refractivity contribution is -0.143. The van der Waals surface area contributed by atoms with E-state index in [0.29, 0.717) is 23.3 Å². The number of ether oxygens (including phenoxy) is 1. The lowest BCUT2D eigenvalue weighted by Gasteiger charge is -2.22. The van der Waals surface area contributed by atoms with Crippen molar-refractivity contribution in [2.75, 3.05) is 21.1 Å². The van der Waals surface area contributed by atoms with Crippen LogP contribution < -0.4 is 4.74 Å². The first-order valence-corrected chi connectivity index (χ1v) is 11.5. The van der Waals surface area contributed by atoms with Crippen molar-refractivity contribution in [3.05, 3.63) is 76.4 Å². The number of aryl methyl sites for hydroxylation is 1. The highest BCUT2D eigenvalue weighted by molar-refractivity contribution is 5.99. The number of hydrogen-bond donors (Lipinski definition) is 0. The van der Waals surface area contributed by atoms with Gasteiger partial charge in [-0.25, -0.2) is 9.37 Å². The molecule has 0 aliphatic heterocycles. The number of alkyl halides is 6. The van der Waals surface area contributed by atoms with Crippen LogP contribution in [-0.4, -0.2) is 53.0 Å². The predicted molar refractivity (Wildman–Crippen MR) is 128 cm³/mol. The highest BCUT2D eigenvalue weighted by Gasteiger charge is 2.37. The summed E-state index contributed by atoms with van der Waals surface area (Å²) >= 11 is 0. The third-order valence-electron chi connectivity index (χ3n) is 5.86. The van der Waals surface area contributed by atoms with Gasteiger partial charge >= 0.3 is 18.4 Å². The van der Waals surface area contributed by atoms with Crippen LogP contribution in [0.25, 0.3) is 11.1 Å². The molecule has 39 heavy (non-hydrogen) atoms. The first-order chi connectivity index (χ1) is 18.0. The molecule has 1 amide bonds. The molecule has 1 aromatic heterocycles. The molecule has 210 valence electrons. The molecule has 3 rings (SSSR count). The van der Waals surface area contributed by atoms with Crippen LogP contribution in [0.3, 0.4) is 0 Å². The minimum absolute atomic E-state index is 0.0146. The van der Waals surface area contributed by atoms with Gasteiger partial charge in [0.25, 0.3) is 5.91 Å². The molecule has 6 nitrogen and oxygen atoms in total. The van der Waals surface area contributed by atoms with Gasteiger partial charge in [-0.1, -0.05) is 6.07 Å². The van der Waals surface area contributed by atoms with Crippen LogP contribution in [0.4, 0.5) is 30.7 Å². The van der Waals surface area contributed by atoms with Crippen molar-refractivity contribution >= 4 is 5.91 Å². The van der Waals surface area contributed by atoms with E-state index >= 15 is 0 Å². The number of carbonyl (C=O) groups is 1. The first-order valence-electron chi connectivity index (χ1n) is 11.5. The third kappa shape index (κ3) is 7.22. The Kier molecular flexibility index (Phi) is 8.53. The van der Waals surface area contributed by atoms with Crippen LogP contribution in [0.2, 0.25) is 0 Å². The zero-order chi connectivity index (χ0) is 29.3. The Balaban J connectivity index is 2.06. The van der Waals surface area contributed by atoms with E-state index in [-0.39, 0.29) is 28.9 Å². The fraction of sp³-hybridized carbons (Fsp3) is 0.346. The topological polar surface area (TPSA) is 58.6 Å². The van der Waals surface area contributed by atoms with Crippen LogP contribution in [0.15, 0.2) is 42.6 Å². The zero-order valence-electron chi connectivity index (χ0n) is 21.6. The van der Waals surface area contributed by atoms with Crippen molar-refractivity contribution in [1.29, 1.82) is 0 Å². The van der Waals surface area contributed by atoms with Crippen LogP contribution in [0.5, 0.6) is 6.01 Å². The molecule has 1 atom stereocenters. The van der Waals surface area contributed by atoms with Crippen molar-refractivity contribution in [3.63, 3.8) is 0 Å². The zero-order valence-corrected chi connectivity index (χ0v) is 21.6. The Morgan fingerprint density at radius 1 is 0.949 bits per heavy atom. The largest absolute Gasteiger partial charge is 0.444 e. The van der Waals surface area contributed by atoms with E-state index in [0.717, 1.165) is 4.90 Å². The second-order valence-electron chi connectivity index (χ2n) is 9.13. The highest BCUT2D eigenvalue weighted by atomic mass is 19.4. The predicted octanol–water partition coefficient (Wildman–Crippen LogP) is 6.19. The average Bonchev–Trinajstić information content (AvgIpc) is 2.82. The van der Waals surface area contributed by atoms with Gasteiger partial charge in [0.1, 0.15) is 11.5 Å². The van der Waals surface area contributed by atoms with Crippen LogP contribution in [-0.2, 0) is 18.9 Å². The number of benzene rings is 2. The molecule has 0 N–H and O–H groups in total. The second-order valence-corrected chi connectivity index (χ2v) is 9.13. The highest BCUT2D eigenvalue weighted by Crippen LogP contribution is 2.37. The number of hydrogen-bond acceptors (Lipinski definition) is 5. The number of carbonyl (C=O) groups excluding carboxylic acids is 1. The van der Waals surface area contributed by atoms with Crippen molar-refractivity contribution in [2.45, 2.75) is 39.0 Å². The van der Waals surface area contributed by atoms with E-state index in [2.05, 4.69) is 9.97 Å². The monoisotopic (exact) mass is 558 g/mol. The molecule has 1 unspecified atom stereocenters. The number of halogens is 7. The fourth-order valence-electron chi connectivity index (χ4n) is 3.61. The van der Waals surface area contributed by atoms with Gasteiger partial charge in [-0.15, -0.1) is 0 Å². The SMILES string of the molecule is Cc1cc(F)ccc1-c1cnc(OC(C)N(C)C)nc1C(=O)N(C)Cc1cc(C(F)(F)F)cc(C(F)(F)F)c1. The number of aromatic nitrogens is 2. The molecule has 0 spiro atoms. The van der Waals surface area contributed by atoms with E-state index in [4.69, 9.17) is 4.74 Å². The molecule has 2 aromatic carbocycles. The molecule has 0 saturated heterocycles. The van der Waals surface area contributed by atoms with Crippen molar-refractivity contribution in [3.8, 4) is 17.1 Å². The maximum Gasteiger partial charge on any atom is 0.416 e. The molecule has 0 fully saturated rings. The summed E-state index contributed by atoms with van der Waals surface area (Å²) in [6, 6.07) is 4.74. The summed E-state index contributed by atoms with van der Waals surface area (Å²) in [6.45, 7) is 2.69. The molecule has 13 heteroatoms. The number of amides is 1. The summed E-state index contributed by atoms with van der Waals surface area (Å²) in [7, 11) is 4.66. The summed E-state index contributed by atoms with van der Waals surface area (Å²) in [5.41, 5.74) is -2.59.